The van der Waals surface area contributed by atoms with E-state index in [2.05, 4.69) is 20.0 Å². The molecule has 0 spiro atoms. The number of aryl methyl sites for hydroxylation is 2. The fraction of sp³-hybridized carbons (Fsp3) is 0.346. The molecule has 0 atom stereocenters. The molecule has 0 amide bonds. The number of anilines is 2. The van der Waals surface area contributed by atoms with Gasteiger partial charge in [0.25, 0.3) is 0 Å². The topological polar surface area (TPSA) is 153 Å². The van der Waals surface area contributed by atoms with Crippen LogP contribution in [0.3, 0.4) is 0 Å². The molecule has 1 aliphatic heterocycles. The molecular weight excluding hydrogens is 521 g/mol. The van der Waals surface area contributed by atoms with E-state index in [-0.39, 0.29) is 23.9 Å². The zero-order chi connectivity index (χ0) is 28.0. The molecule has 0 radical (unpaired) electrons. The zero-order valence-corrected chi connectivity index (χ0v) is 21.8. The molecule has 13 nitrogen and oxygen atoms in total. The van der Waals surface area contributed by atoms with Crippen molar-refractivity contribution in [3.05, 3.63) is 58.5 Å². The number of nitrogens with zero attached hydrogens (tertiary/aromatic N) is 8. The number of hydrogen-bond donors (Lipinski definition) is 2. The van der Waals surface area contributed by atoms with Crippen molar-refractivity contribution in [2.24, 2.45) is 7.05 Å². The van der Waals surface area contributed by atoms with Gasteiger partial charge in [-0.3, -0.25) is 18.8 Å². The highest BCUT2D eigenvalue weighted by Gasteiger charge is 2.23. The van der Waals surface area contributed by atoms with Crippen molar-refractivity contribution in [3.8, 4) is 11.6 Å². The van der Waals surface area contributed by atoms with Crippen LogP contribution >= 0.6 is 0 Å². The number of fused-ring (bicyclic) bond motifs is 3. The van der Waals surface area contributed by atoms with Gasteiger partial charge in [-0.1, -0.05) is 6.07 Å². The number of aliphatic carboxylic acids is 1. The molecule has 0 unspecified atom stereocenters. The van der Waals surface area contributed by atoms with Gasteiger partial charge in [-0.05, 0) is 36.2 Å². The van der Waals surface area contributed by atoms with Gasteiger partial charge in [-0.25, -0.2) is 14.2 Å². The smallest absolute Gasteiger partial charge is 0.330 e. The minimum Gasteiger partial charge on any atom is -0.481 e. The molecule has 1 aliphatic rings. The number of nitrogen functional groups attached to an aromatic ring is 1. The van der Waals surface area contributed by atoms with Crippen LogP contribution in [-0.2, 0) is 24.8 Å². The lowest BCUT2D eigenvalue weighted by Crippen LogP contribution is -2.47. The molecular formula is C26H28FN9O4. The molecule has 5 heterocycles. The van der Waals surface area contributed by atoms with Gasteiger partial charge in [0, 0.05) is 52.7 Å². The number of carboxylic acids is 1. The molecule has 0 saturated carbocycles. The maximum Gasteiger partial charge on any atom is 0.330 e. The van der Waals surface area contributed by atoms with Crippen molar-refractivity contribution in [2.45, 2.75) is 19.4 Å². The van der Waals surface area contributed by atoms with Crippen molar-refractivity contribution in [1.29, 1.82) is 0 Å². The Kier molecular flexibility index (Phi) is 6.46. The Bertz CT molecular complexity index is 1760. The van der Waals surface area contributed by atoms with Crippen LogP contribution in [0.1, 0.15) is 12.0 Å². The van der Waals surface area contributed by atoms with Crippen LogP contribution in [0.25, 0.3) is 28.4 Å². The molecule has 40 heavy (non-hydrogen) atoms. The molecule has 5 aromatic rings. The second-order valence-electron chi connectivity index (χ2n) is 9.79. The number of hydrogen-bond acceptors (Lipinski definition) is 9. The molecule has 14 heteroatoms. The lowest BCUT2D eigenvalue weighted by atomic mass is 10.1. The number of halogens is 1. The van der Waals surface area contributed by atoms with Crippen LogP contribution in [-0.4, -0.2) is 77.4 Å². The molecule has 0 aliphatic carbocycles. The third-order valence-electron chi connectivity index (χ3n) is 7.31. The maximum atomic E-state index is 14.8. The van der Waals surface area contributed by atoms with Crippen molar-refractivity contribution >= 4 is 34.4 Å². The predicted octanol–water partition coefficient (Wildman–Crippen LogP) is 1.60. The van der Waals surface area contributed by atoms with Crippen molar-refractivity contribution in [1.82, 2.24) is 33.6 Å². The number of carboxylic acid groups (broad SMARTS) is 1. The lowest BCUT2D eigenvalue weighted by Gasteiger charge is -2.36. The lowest BCUT2D eigenvalue weighted by molar-refractivity contribution is -0.136. The first kappa shape index (κ1) is 25.6. The summed E-state index contributed by atoms with van der Waals surface area (Å²) < 4.78 is 24.7. The van der Waals surface area contributed by atoms with E-state index in [4.69, 9.17) is 15.3 Å². The van der Waals surface area contributed by atoms with Gasteiger partial charge < -0.3 is 20.2 Å². The summed E-state index contributed by atoms with van der Waals surface area (Å²) in [5.41, 5.74) is 8.51. The quantitative estimate of drug-likeness (QED) is 0.292. The largest absolute Gasteiger partial charge is 0.481 e. The van der Waals surface area contributed by atoms with Crippen LogP contribution in [0.5, 0.6) is 0 Å². The Hall–Kier alpha value is -4.72. The first-order chi connectivity index (χ1) is 19.3. The summed E-state index contributed by atoms with van der Waals surface area (Å²) in [5.74, 6) is -0.324. The first-order valence-electron chi connectivity index (χ1n) is 12.9. The van der Waals surface area contributed by atoms with Crippen molar-refractivity contribution in [3.63, 3.8) is 0 Å². The summed E-state index contributed by atoms with van der Waals surface area (Å²) in [6.45, 7) is 3.62. The number of benzene rings is 1. The summed E-state index contributed by atoms with van der Waals surface area (Å²) in [4.78, 5) is 37.3. The van der Waals surface area contributed by atoms with Gasteiger partial charge in [-0.15, -0.1) is 5.10 Å². The van der Waals surface area contributed by atoms with E-state index >= 15 is 0 Å². The summed E-state index contributed by atoms with van der Waals surface area (Å²) in [6, 6.07) is 8.40. The second-order valence-corrected chi connectivity index (χ2v) is 9.79. The van der Waals surface area contributed by atoms with E-state index in [0.29, 0.717) is 85.3 Å². The van der Waals surface area contributed by atoms with Gasteiger partial charge in [0.15, 0.2) is 17.1 Å². The van der Waals surface area contributed by atoms with E-state index in [1.54, 1.807) is 35.9 Å². The Labute approximate surface area is 226 Å². The Balaban J connectivity index is 1.16. The number of rotatable bonds is 8. The molecule has 0 bridgehead atoms. The van der Waals surface area contributed by atoms with Gasteiger partial charge >= 0.3 is 11.7 Å². The van der Waals surface area contributed by atoms with Crippen molar-refractivity contribution < 1.29 is 18.7 Å². The van der Waals surface area contributed by atoms with Crippen molar-refractivity contribution in [2.75, 3.05) is 43.4 Å². The van der Waals surface area contributed by atoms with Crippen LogP contribution in [0.2, 0.25) is 0 Å². The monoisotopic (exact) mass is 549 g/mol. The molecule has 1 saturated heterocycles. The van der Waals surface area contributed by atoms with Crippen LogP contribution in [0.15, 0.2) is 45.8 Å². The Morgan fingerprint density at radius 1 is 1.12 bits per heavy atom. The number of carbonyl (C=O) groups is 1. The number of furan rings is 1. The standard InChI is InChI=1S/C26H28FN9O4/c1-32-21-23(30-25(28)36-24(21)29-22(31-36)19-3-2-14-40-19)35(26(32)39)13-10-33-8-11-34(12-9-33)18-6-4-16(15-17(18)27)5-7-20(37)38/h2-4,6,14-15H,5,7-13H2,1H3,(H2,28,30)(H,37,38). The average molecular weight is 550 g/mol. The summed E-state index contributed by atoms with van der Waals surface area (Å²) in [7, 11) is 1.67. The zero-order valence-electron chi connectivity index (χ0n) is 21.8. The fourth-order valence-corrected chi connectivity index (χ4v) is 5.17. The van der Waals surface area contributed by atoms with Gasteiger partial charge in [0.1, 0.15) is 11.3 Å². The molecule has 1 fully saturated rings. The summed E-state index contributed by atoms with van der Waals surface area (Å²) in [6.07, 6.45) is 1.79. The Morgan fingerprint density at radius 3 is 2.62 bits per heavy atom. The first-order valence-corrected chi connectivity index (χ1v) is 12.9. The van der Waals surface area contributed by atoms with Crippen LogP contribution in [0, 0.1) is 5.82 Å². The van der Waals surface area contributed by atoms with Gasteiger partial charge in [-0.2, -0.15) is 9.50 Å². The normalized spacial score (nSPS) is 14.5. The number of imidazole rings is 1. The maximum absolute atomic E-state index is 14.8. The SMILES string of the molecule is Cn1c(=O)n(CCN2CCN(c3ccc(CCC(=O)O)cc3F)CC2)c2nc(N)n3nc(-c4ccco4)nc3c21. The summed E-state index contributed by atoms with van der Waals surface area (Å²) in [5, 5.41) is 13.3. The van der Waals surface area contributed by atoms with Crippen LogP contribution < -0.4 is 16.3 Å². The van der Waals surface area contributed by atoms with E-state index in [1.165, 1.54) is 21.4 Å². The molecule has 4 aromatic heterocycles. The minimum absolute atomic E-state index is 0.0325. The van der Waals surface area contributed by atoms with Gasteiger partial charge in [0.2, 0.25) is 11.8 Å². The molecule has 6 rings (SSSR count). The van der Waals surface area contributed by atoms with E-state index < -0.39 is 5.97 Å². The summed E-state index contributed by atoms with van der Waals surface area (Å²) >= 11 is 0. The molecule has 208 valence electrons. The highest BCUT2D eigenvalue weighted by atomic mass is 19.1. The van der Waals surface area contributed by atoms with E-state index in [9.17, 15) is 14.0 Å². The number of aromatic nitrogens is 6. The Morgan fingerprint density at radius 2 is 1.93 bits per heavy atom. The molecule has 3 N–H and O–H groups in total. The van der Waals surface area contributed by atoms with E-state index in [0.717, 1.165) is 0 Å². The second kappa shape index (κ2) is 10.1. The fourth-order valence-electron chi connectivity index (χ4n) is 5.17. The average Bonchev–Trinajstić information content (AvgIpc) is 3.67. The van der Waals surface area contributed by atoms with Gasteiger partial charge in [0.05, 0.1) is 12.0 Å². The minimum atomic E-state index is -0.906. The van der Waals surface area contributed by atoms with Crippen LogP contribution in [0.4, 0.5) is 16.0 Å². The highest BCUT2D eigenvalue weighted by molar-refractivity contribution is 5.88. The molecule has 1 aromatic carbocycles. The predicted molar refractivity (Wildman–Crippen MR) is 145 cm³/mol. The highest BCUT2D eigenvalue weighted by Crippen LogP contribution is 2.24. The third kappa shape index (κ3) is 4.55. The van der Waals surface area contributed by atoms with E-state index in [1.807, 2.05) is 4.90 Å². The number of piperazine rings is 1. The number of nitrogens with two attached hydrogens (primary N) is 1. The third-order valence-corrected chi connectivity index (χ3v) is 7.31.